The van der Waals surface area contributed by atoms with Crippen LogP contribution in [0, 0.1) is 6.92 Å². The van der Waals surface area contributed by atoms with E-state index in [1.807, 2.05) is 0 Å². The highest BCUT2D eigenvalue weighted by molar-refractivity contribution is 9.24. The Morgan fingerprint density at radius 2 is 1.40 bits per heavy atom. The molecule has 0 aromatic rings. The number of hydrogen-bond acceptors (Lipinski definition) is 0. The topological polar surface area (TPSA) is 0 Å². The van der Waals surface area contributed by atoms with Crippen molar-refractivity contribution >= 4 is 49.2 Å². The lowest BCUT2D eigenvalue weighted by molar-refractivity contribution is 1.77. The summed E-state index contributed by atoms with van der Waals surface area (Å²) in [5, 5.41) is 0. The highest BCUT2D eigenvalue weighted by Crippen LogP contribution is 2.02. The van der Waals surface area contributed by atoms with E-state index in [1.165, 1.54) is 0 Å². The third-order valence-corrected chi connectivity index (χ3v) is 0. The molecule has 0 rings (SSSR count). The normalized spacial score (nSPS) is 7.20. The largest absolute Gasteiger partial charge is 0.187 e. The van der Waals surface area contributed by atoms with Gasteiger partial charge < -0.3 is 0 Å². The highest BCUT2D eigenvalue weighted by Gasteiger charge is 1.74. The van der Waals surface area contributed by atoms with Crippen LogP contribution in [0.15, 0.2) is 0 Å². The minimum Gasteiger partial charge on any atom is -0.0765 e. The van der Waals surface area contributed by atoms with Gasteiger partial charge in [-0.15, -0.1) is 0 Å². The van der Waals surface area contributed by atoms with Gasteiger partial charge in [-0.05, 0) is 6.92 Å². The van der Waals surface area contributed by atoms with Crippen LogP contribution < -0.4 is 0 Å². The van der Waals surface area contributed by atoms with Crippen molar-refractivity contribution in [3.63, 3.8) is 0 Å². The predicted octanol–water partition coefficient (Wildman–Crippen LogP) is 0.752. The first-order chi connectivity index (χ1) is 1.73. The monoisotopic (exact) mass is 215 g/mol. The maximum absolute atomic E-state index is 3.47. The fourth-order valence-corrected chi connectivity index (χ4v) is 0. The van der Waals surface area contributed by atoms with Crippen molar-refractivity contribution in [3.05, 3.63) is 6.92 Å². The molecule has 0 aromatic heterocycles. The van der Waals surface area contributed by atoms with Gasteiger partial charge in [0, 0.05) is 0 Å². The smallest absolute Gasteiger partial charge is 0.0765 e. The summed E-state index contributed by atoms with van der Waals surface area (Å²) in [6.07, 6.45) is 0. The average Bonchev–Trinajstić information content (AvgIpc) is 0.811. The minimum atomic E-state index is 0. The molecule has 0 aliphatic carbocycles. The van der Waals surface area contributed by atoms with Gasteiger partial charge in [-0.2, -0.15) is 0 Å². The van der Waals surface area contributed by atoms with Gasteiger partial charge in [-0.1, -0.05) is 31.9 Å². The molecule has 0 amide bonds. The van der Waals surface area contributed by atoms with Gasteiger partial charge in [0.15, 0.2) is 17.4 Å². The second-order valence-corrected chi connectivity index (χ2v) is 3.83. The third-order valence-electron chi connectivity index (χ3n) is 0. The van der Waals surface area contributed by atoms with Crippen molar-refractivity contribution in [1.29, 1.82) is 0 Å². The first kappa shape index (κ1) is 9.70. The van der Waals surface area contributed by atoms with Crippen molar-refractivity contribution in [2.75, 3.05) is 0 Å². The summed E-state index contributed by atoms with van der Waals surface area (Å²) in [7, 11) is 0. The van der Waals surface area contributed by atoms with Crippen molar-refractivity contribution in [2.24, 2.45) is 0 Å². The Hall–Kier alpha value is 1.49. The molecule has 0 N–H and O–H groups in total. The van der Waals surface area contributed by atoms with E-state index in [1.54, 1.807) is 0 Å². The Bertz CT molecular complexity index is 12.4. The van der Waals surface area contributed by atoms with E-state index < -0.39 is 0 Å². The van der Waals surface area contributed by atoms with Crippen LogP contribution in [0.3, 0.4) is 0 Å². The molecule has 31 valence electrons. The van der Waals surface area contributed by atoms with Crippen LogP contribution in [-0.2, 0) is 0 Å². The molecule has 0 heterocycles. The molecule has 0 spiro atoms. The fraction of sp³-hybridized carbons (Fsp3) is 0.500. The maximum Gasteiger partial charge on any atom is 0.187 e. The van der Waals surface area contributed by atoms with Gasteiger partial charge in [0.1, 0.15) is 0 Å². The fourth-order valence-electron chi connectivity index (χ4n) is 0. The molecule has 0 nitrogen and oxygen atoms in total. The second-order valence-electron chi connectivity index (χ2n) is 0.391. The summed E-state index contributed by atoms with van der Waals surface area (Å²) in [5.74, 6) is 0. The number of rotatable bonds is 0. The molecule has 0 aliphatic rings. The first-order valence-electron chi connectivity index (χ1n) is 0.845. The van der Waals surface area contributed by atoms with Gasteiger partial charge in [0.05, 0.1) is 3.74 Å². The van der Waals surface area contributed by atoms with Crippen molar-refractivity contribution in [2.45, 2.75) is 3.74 Å². The summed E-state index contributed by atoms with van der Waals surface area (Å²) >= 11 is 6.15. The van der Waals surface area contributed by atoms with Gasteiger partial charge in [0.25, 0.3) is 0 Å². The molecule has 0 aliphatic heterocycles. The molecule has 5 heavy (non-hydrogen) atoms. The Morgan fingerprint density at radius 1 is 1.40 bits per heavy atom. The van der Waals surface area contributed by atoms with E-state index in [2.05, 4.69) is 38.8 Å². The molecule has 0 unspecified atom stereocenters. The van der Waals surface area contributed by atoms with E-state index in [0.717, 1.165) is 0 Å². The Morgan fingerprint density at radius 3 is 1.40 bits per heavy atom. The van der Waals surface area contributed by atoms with Gasteiger partial charge in [-0.25, -0.2) is 0 Å². The van der Waals surface area contributed by atoms with Crippen LogP contribution in [-0.4, -0.2) is 21.1 Å². The quantitative estimate of drug-likeness (QED) is 0.414. The molecular formula is C2H6AlBr2. The van der Waals surface area contributed by atoms with Crippen LogP contribution >= 0.6 is 31.9 Å². The Kier molecular flexibility index (Phi) is 10.7. The van der Waals surface area contributed by atoms with Gasteiger partial charge >= 0.3 is 0 Å². The van der Waals surface area contributed by atoms with Crippen molar-refractivity contribution in [3.8, 4) is 0 Å². The number of halogens is 2. The summed E-state index contributed by atoms with van der Waals surface area (Å²) < 4.78 is 0.208. The van der Waals surface area contributed by atoms with Crippen LogP contribution in [0.5, 0.6) is 0 Å². The lowest BCUT2D eigenvalue weighted by Crippen LogP contribution is -1.61. The molecule has 0 saturated heterocycles. The minimum absolute atomic E-state index is 0. The zero-order chi connectivity index (χ0) is 3.58. The van der Waals surface area contributed by atoms with Gasteiger partial charge in [-0.3, -0.25) is 0 Å². The van der Waals surface area contributed by atoms with Crippen molar-refractivity contribution in [1.82, 2.24) is 0 Å². The zero-order valence-electron chi connectivity index (χ0n) is 2.04. The van der Waals surface area contributed by atoms with Crippen LogP contribution in [0.4, 0.5) is 0 Å². The third kappa shape index (κ3) is 30.1. The lowest BCUT2D eigenvalue weighted by atomic mass is 11.0. The molecule has 0 bridgehead atoms. The summed E-state index contributed by atoms with van der Waals surface area (Å²) in [4.78, 5) is 0. The lowest BCUT2D eigenvalue weighted by Gasteiger charge is -1.73. The Labute approximate surface area is 59.7 Å². The SMILES string of the molecule is [AlH3].[CH2]C(Br)Br. The van der Waals surface area contributed by atoms with Crippen LogP contribution in [0.25, 0.3) is 0 Å². The average molecular weight is 217 g/mol. The first-order valence-corrected chi connectivity index (χ1v) is 2.68. The summed E-state index contributed by atoms with van der Waals surface area (Å²) in [5.41, 5.74) is 0. The van der Waals surface area contributed by atoms with E-state index in [4.69, 9.17) is 0 Å². The second kappa shape index (κ2) is 5.49. The molecule has 0 saturated carbocycles. The van der Waals surface area contributed by atoms with Crippen molar-refractivity contribution < 1.29 is 0 Å². The molecule has 1 radical (unpaired) electrons. The predicted molar refractivity (Wildman–Crippen MR) is 36.9 cm³/mol. The number of alkyl halides is 2. The molecule has 3 heteroatoms. The molecule has 0 aromatic carbocycles. The summed E-state index contributed by atoms with van der Waals surface area (Å²) in [6.45, 7) is 3.47. The van der Waals surface area contributed by atoms with Crippen LogP contribution in [0.2, 0.25) is 0 Å². The van der Waals surface area contributed by atoms with Crippen LogP contribution in [0.1, 0.15) is 0 Å². The molecular weight excluding hydrogens is 211 g/mol. The summed E-state index contributed by atoms with van der Waals surface area (Å²) in [6, 6.07) is 0. The Balaban J connectivity index is 0. The zero-order valence-corrected chi connectivity index (χ0v) is 5.21. The standard InChI is InChI=1S/C2H3Br2.Al.3H/c1-2(3)4;;;;/h2H,1H2;;;;. The molecule has 0 fully saturated rings. The number of hydrogen-bond donors (Lipinski definition) is 0. The van der Waals surface area contributed by atoms with E-state index in [0.29, 0.717) is 0 Å². The highest BCUT2D eigenvalue weighted by atomic mass is 79.9. The van der Waals surface area contributed by atoms with Gasteiger partial charge in [0.2, 0.25) is 0 Å². The maximum atomic E-state index is 3.47. The van der Waals surface area contributed by atoms with E-state index in [-0.39, 0.29) is 21.1 Å². The van der Waals surface area contributed by atoms with E-state index >= 15 is 0 Å². The van der Waals surface area contributed by atoms with E-state index in [9.17, 15) is 0 Å². The molecule has 0 atom stereocenters.